The largest absolute Gasteiger partial charge is 0.455 e. The average molecular weight is 427 g/mol. The number of hydrogen-bond acceptors (Lipinski definition) is 5. The Hall–Kier alpha value is -2.21. The van der Waals surface area contributed by atoms with Gasteiger partial charge in [0.1, 0.15) is 0 Å². The first kappa shape index (κ1) is 21.0. The number of hydrogen-bond donors (Lipinski definition) is 0. The fourth-order valence-electron chi connectivity index (χ4n) is 4.76. The van der Waals surface area contributed by atoms with Gasteiger partial charge in [0.25, 0.3) is 5.91 Å². The van der Waals surface area contributed by atoms with Gasteiger partial charge in [-0.1, -0.05) is 37.5 Å². The lowest BCUT2D eigenvalue weighted by atomic mass is 9.72. The predicted molar refractivity (Wildman–Crippen MR) is 119 cm³/mol. The summed E-state index contributed by atoms with van der Waals surface area (Å²) in [6.45, 7) is 2.40. The molecule has 0 saturated heterocycles. The van der Waals surface area contributed by atoms with Crippen molar-refractivity contribution in [3.63, 3.8) is 0 Å². The number of nitrogens with zero attached hydrogens (tertiary/aromatic N) is 2. The highest BCUT2D eigenvalue weighted by Gasteiger charge is 2.42. The topological polar surface area (TPSA) is 59.5 Å². The summed E-state index contributed by atoms with van der Waals surface area (Å²) in [6, 6.07) is 8.08. The second-order valence-electron chi connectivity index (χ2n) is 8.39. The minimum atomic E-state index is -0.559. The van der Waals surface area contributed by atoms with E-state index < -0.39 is 5.41 Å². The molecular formula is C24H30N2O3S. The molecular weight excluding hydrogens is 396 g/mol. The molecule has 1 aromatic carbocycles. The van der Waals surface area contributed by atoms with Crippen molar-refractivity contribution in [2.75, 3.05) is 13.2 Å². The summed E-state index contributed by atoms with van der Waals surface area (Å²) < 4.78 is 6.80. The van der Waals surface area contributed by atoms with Gasteiger partial charge in [0, 0.05) is 18.7 Å². The third-order valence-corrected chi connectivity index (χ3v) is 7.42. The molecule has 2 aliphatic rings. The molecule has 0 unspecified atom stereocenters. The number of fused-ring (bicyclic) bond motifs is 1. The molecule has 30 heavy (non-hydrogen) atoms. The number of para-hydroxylation sites is 1. The van der Waals surface area contributed by atoms with Gasteiger partial charge in [0.05, 0.1) is 20.6 Å². The average Bonchev–Trinajstić information content (AvgIpc) is 3.42. The number of benzene rings is 1. The van der Waals surface area contributed by atoms with Crippen LogP contribution in [0.1, 0.15) is 63.3 Å². The van der Waals surface area contributed by atoms with Crippen LogP contribution in [0.5, 0.6) is 0 Å². The third kappa shape index (κ3) is 4.43. The van der Waals surface area contributed by atoms with E-state index in [4.69, 9.17) is 9.72 Å². The van der Waals surface area contributed by atoms with E-state index in [9.17, 15) is 9.59 Å². The molecule has 1 fully saturated rings. The molecule has 160 valence electrons. The lowest BCUT2D eigenvalue weighted by Crippen LogP contribution is -2.40. The van der Waals surface area contributed by atoms with Crippen molar-refractivity contribution in [2.45, 2.75) is 64.7 Å². The summed E-state index contributed by atoms with van der Waals surface area (Å²) in [5.74, 6) is -0.351. The zero-order valence-electron chi connectivity index (χ0n) is 17.7. The Morgan fingerprint density at radius 3 is 2.67 bits per heavy atom. The number of likely N-dealkylation sites (N-methyl/N-ethyl adjacent to an activating group) is 1. The highest BCUT2D eigenvalue weighted by atomic mass is 32.1. The maximum atomic E-state index is 13.2. The van der Waals surface area contributed by atoms with Crippen molar-refractivity contribution >= 4 is 33.4 Å². The molecule has 1 aromatic heterocycles. The molecule has 0 aliphatic heterocycles. The number of thiazole rings is 1. The zero-order valence-corrected chi connectivity index (χ0v) is 18.5. The standard InChI is InChI=1S/C24H30N2O3S/c1-2-26(18-10-4-5-11-18)22(27)17-29-23(28)24(14-8-3-9-15-24)16-21-25-19-12-6-7-13-20(19)30-21/h6-7,10,12-13H,2-5,8-9,11,14-17H2,1H3. The van der Waals surface area contributed by atoms with Crippen LogP contribution in [0.4, 0.5) is 0 Å². The van der Waals surface area contributed by atoms with Gasteiger partial charge in [-0.3, -0.25) is 9.59 Å². The van der Waals surface area contributed by atoms with Crippen LogP contribution >= 0.6 is 11.3 Å². The van der Waals surface area contributed by atoms with E-state index in [0.717, 1.165) is 72.3 Å². The Labute approximate surface area is 182 Å². The van der Waals surface area contributed by atoms with Gasteiger partial charge in [-0.15, -0.1) is 11.3 Å². The van der Waals surface area contributed by atoms with Gasteiger partial charge < -0.3 is 9.64 Å². The van der Waals surface area contributed by atoms with Gasteiger partial charge in [-0.2, -0.15) is 0 Å². The number of ether oxygens (including phenoxy) is 1. The fraction of sp³-hybridized carbons (Fsp3) is 0.542. The summed E-state index contributed by atoms with van der Waals surface area (Å²) in [5, 5.41) is 0.979. The predicted octanol–water partition coefficient (Wildman–Crippen LogP) is 5.25. The summed E-state index contributed by atoms with van der Waals surface area (Å²) in [7, 11) is 0. The van der Waals surface area contributed by atoms with Gasteiger partial charge >= 0.3 is 5.97 Å². The van der Waals surface area contributed by atoms with Crippen LogP contribution in [0.3, 0.4) is 0 Å². The normalized spacial score (nSPS) is 18.2. The SMILES string of the molecule is CCN(C(=O)COC(=O)C1(Cc2nc3ccccc3s2)CCCCC1)C1=CCCC1. The number of carbonyl (C=O) groups is 2. The lowest BCUT2D eigenvalue weighted by Gasteiger charge is -2.34. The van der Waals surface area contributed by atoms with Crippen LogP contribution in [-0.4, -0.2) is 34.9 Å². The molecule has 1 amide bonds. The first-order chi connectivity index (χ1) is 14.6. The van der Waals surface area contributed by atoms with E-state index in [1.807, 2.05) is 25.1 Å². The number of carbonyl (C=O) groups excluding carboxylic acids is 2. The van der Waals surface area contributed by atoms with Crippen molar-refractivity contribution in [2.24, 2.45) is 5.41 Å². The Morgan fingerprint density at radius 1 is 1.17 bits per heavy atom. The van der Waals surface area contributed by atoms with Gasteiger partial charge in [0.2, 0.25) is 0 Å². The van der Waals surface area contributed by atoms with E-state index in [1.54, 1.807) is 16.2 Å². The maximum absolute atomic E-state index is 13.2. The van der Waals surface area contributed by atoms with Crippen LogP contribution in [0, 0.1) is 5.41 Å². The minimum absolute atomic E-state index is 0.120. The maximum Gasteiger partial charge on any atom is 0.313 e. The van der Waals surface area contributed by atoms with Crippen LogP contribution in [0.25, 0.3) is 10.2 Å². The minimum Gasteiger partial charge on any atom is -0.455 e. The Morgan fingerprint density at radius 2 is 1.97 bits per heavy atom. The van der Waals surface area contributed by atoms with Crippen molar-refractivity contribution in [1.29, 1.82) is 0 Å². The first-order valence-electron chi connectivity index (χ1n) is 11.1. The van der Waals surface area contributed by atoms with Crippen LogP contribution in [0.2, 0.25) is 0 Å². The summed E-state index contributed by atoms with van der Waals surface area (Å²) in [6.07, 6.45) is 10.5. The summed E-state index contributed by atoms with van der Waals surface area (Å²) in [5.41, 5.74) is 1.49. The zero-order chi connectivity index (χ0) is 21.0. The molecule has 0 radical (unpaired) electrons. The fourth-order valence-corrected chi connectivity index (χ4v) is 5.87. The van der Waals surface area contributed by atoms with E-state index in [0.29, 0.717) is 13.0 Å². The number of allylic oxidation sites excluding steroid dienone is 2. The number of esters is 1. The van der Waals surface area contributed by atoms with Crippen molar-refractivity contribution in [3.05, 3.63) is 41.0 Å². The van der Waals surface area contributed by atoms with Crippen LogP contribution < -0.4 is 0 Å². The highest BCUT2D eigenvalue weighted by Crippen LogP contribution is 2.41. The molecule has 4 rings (SSSR count). The van der Waals surface area contributed by atoms with Gasteiger partial charge in [-0.05, 0) is 51.2 Å². The number of rotatable bonds is 7. The van der Waals surface area contributed by atoms with Crippen molar-refractivity contribution in [1.82, 2.24) is 9.88 Å². The Kier molecular flexibility index (Phi) is 6.52. The highest BCUT2D eigenvalue weighted by molar-refractivity contribution is 7.18. The second-order valence-corrected chi connectivity index (χ2v) is 9.51. The smallest absolute Gasteiger partial charge is 0.313 e. The summed E-state index contributed by atoms with van der Waals surface area (Å²) >= 11 is 1.66. The molecule has 0 atom stereocenters. The summed E-state index contributed by atoms with van der Waals surface area (Å²) in [4.78, 5) is 32.5. The van der Waals surface area contributed by atoms with E-state index in [2.05, 4.69) is 12.1 Å². The Balaban J connectivity index is 1.45. The quantitative estimate of drug-likeness (QED) is 0.568. The van der Waals surface area contributed by atoms with E-state index >= 15 is 0 Å². The van der Waals surface area contributed by atoms with Crippen LogP contribution in [-0.2, 0) is 20.7 Å². The van der Waals surface area contributed by atoms with Crippen molar-refractivity contribution in [3.8, 4) is 0 Å². The first-order valence-corrected chi connectivity index (χ1v) is 11.9. The molecule has 1 heterocycles. The number of aromatic nitrogens is 1. The molecule has 5 nitrogen and oxygen atoms in total. The van der Waals surface area contributed by atoms with E-state index in [1.165, 1.54) is 0 Å². The molecule has 0 N–H and O–H groups in total. The number of amides is 1. The molecule has 0 spiro atoms. The molecule has 2 aromatic rings. The molecule has 2 aliphatic carbocycles. The molecule has 1 saturated carbocycles. The lowest BCUT2D eigenvalue weighted by molar-refractivity contribution is -0.162. The van der Waals surface area contributed by atoms with Gasteiger partial charge in [0.15, 0.2) is 6.61 Å². The van der Waals surface area contributed by atoms with Crippen molar-refractivity contribution < 1.29 is 14.3 Å². The van der Waals surface area contributed by atoms with Gasteiger partial charge in [-0.25, -0.2) is 4.98 Å². The second kappa shape index (κ2) is 9.29. The third-order valence-electron chi connectivity index (χ3n) is 6.38. The van der Waals surface area contributed by atoms with E-state index in [-0.39, 0.29) is 18.5 Å². The molecule has 0 bridgehead atoms. The van der Waals surface area contributed by atoms with Crippen LogP contribution in [0.15, 0.2) is 36.0 Å². The molecule has 6 heteroatoms. The Bertz CT molecular complexity index is 910. The monoisotopic (exact) mass is 426 g/mol.